The van der Waals surface area contributed by atoms with E-state index in [0.717, 1.165) is 66.8 Å². The molecule has 8 heteroatoms. The minimum atomic E-state index is -0.542. The molecule has 0 atom stereocenters. The molecule has 172 valence electrons. The van der Waals surface area contributed by atoms with Crippen molar-refractivity contribution in [1.82, 2.24) is 25.2 Å². The van der Waals surface area contributed by atoms with E-state index in [1.54, 1.807) is 0 Å². The van der Waals surface area contributed by atoms with Crippen molar-refractivity contribution in [3.8, 4) is 11.3 Å². The van der Waals surface area contributed by atoms with Gasteiger partial charge in [-0.15, -0.1) is 0 Å². The monoisotopic (exact) mass is 446 g/mol. The molecular formula is C25H30N6O2. The van der Waals surface area contributed by atoms with Gasteiger partial charge < -0.3 is 19.5 Å². The second kappa shape index (κ2) is 8.59. The van der Waals surface area contributed by atoms with E-state index >= 15 is 0 Å². The molecule has 2 aliphatic heterocycles. The van der Waals surface area contributed by atoms with E-state index in [1.807, 2.05) is 62.1 Å². The number of carbonyl (C=O) groups is 1. The first-order valence-corrected chi connectivity index (χ1v) is 11.6. The first-order chi connectivity index (χ1) is 15.9. The van der Waals surface area contributed by atoms with Crippen LogP contribution in [-0.4, -0.2) is 57.5 Å². The van der Waals surface area contributed by atoms with Crippen molar-refractivity contribution in [2.45, 2.75) is 45.7 Å². The number of oxazole rings is 1. The predicted molar refractivity (Wildman–Crippen MR) is 126 cm³/mol. The lowest BCUT2D eigenvalue weighted by molar-refractivity contribution is -0.143. The minimum absolute atomic E-state index is 0.148. The smallest absolute Gasteiger partial charge is 0.243 e. The second-order valence-electron chi connectivity index (χ2n) is 9.05. The SMILES string of the molecule is Cc1cc(C)nc(N2CCC3(CC2)NCCN(Cc2nc(C)oc2-c2ccccc2)C3=O)n1. The Morgan fingerprint density at radius 1 is 1.00 bits per heavy atom. The number of rotatable bonds is 4. The summed E-state index contributed by atoms with van der Waals surface area (Å²) in [5.41, 5.74) is 3.18. The Kier molecular flexibility index (Phi) is 5.62. The second-order valence-corrected chi connectivity index (χ2v) is 9.05. The van der Waals surface area contributed by atoms with Crippen LogP contribution in [0, 0.1) is 20.8 Å². The summed E-state index contributed by atoms with van der Waals surface area (Å²) in [5, 5.41) is 3.54. The Labute approximate surface area is 194 Å². The molecule has 2 saturated heterocycles. The van der Waals surface area contributed by atoms with Crippen molar-refractivity contribution >= 4 is 11.9 Å². The van der Waals surface area contributed by atoms with Crippen LogP contribution in [0.3, 0.4) is 0 Å². The molecule has 8 nitrogen and oxygen atoms in total. The molecule has 5 rings (SSSR count). The predicted octanol–water partition coefficient (Wildman–Crippen LogP) is 3.03. The van der Waals surface area contributed by atoms with Gasteiger partial charge in [0, 0.05) is 50.1 Å². The third kappa shape index (κ3) is 4.23. The molecule has 33 heavy (non-hydrogen) atoms. The van der Waals surface area contributed by atoms with Crippen molar-refractivity contribution in [3.05, 3.63) is 59.4 Å². The number of carbonyl (C=O) groups excluding carboxylic acids is 1. The molecule has 0 bridgehead atoms. The first-order valence-electron chi connectivity index (χ1n) is 11.6. The standard InChI is InChI=1S/C25H30N6O2/c1-17-15-18(2)28-24(27-17)30-12-9-25(10-13-30)23(32)31(14-11-26-25)16-21-22(33-19(3)29-21)20-7-5-4-6-8-20/h4-8,15,26H,9-14,16H2,1-3H3. The number of amides is 1. The summed E-state index contributed by atoms with van der Waals surface area (Å²) in [5.74, 6) is 2.26. The van der Waals surface area contributed by atoms with Gasteiger partial charge >= 0.3 is 0 Å². The molecule has 0 aliphatic carbocycles. The maximum Gasteiger partial charge on any atom is 0.243 e. The van der Waals surface area contributed by atoms with Crippen molar-refractivity contribution in [2.75, 3.05) is 31.1 Å². The molecule has 1 spiro atoms. The Morgan fingerprint density at radius 3 is 2.39 bits per heavy atom. The van der Waals surface area contributed by atoms with Gasteiger partial charge in [0.15, 0.2) is 11.7 Å². The fraction of sp³-hybridized carbons (Fsp3) is 0.440. The summed E-state index contributed by atoms with van der Waals surface area (Å²) < 4.78 is 5.91. The van der Waals surface area contributed by atoms with Gasteiger partial charge in [-0.3, -0.25) is 4.79 Å². The molecular weight excluding hydrogens is 416 g/mol. The van der Waals surface area contributed by atoms with Crippen LogP contribution in [0.2, 0.25) is 0 Å². The van der Waals surface area contributed by atoms with Gasteiger partial charge in [0.2, 0.25) is 11.9 Å². The number of benzene rings is 1. The average Bonchev–Trinajstić information content (AvgIpc) is 3.17. The van der Waals surface area contributed by atoms with Gasteiger partial charge in [0.25, 0.3) is 0 Å². The van der Waals surface area contributed by atoms with Crippen LogP contribution >= 0.6 is 0 Å². The highest BCUT2D eigenvalue weighted by Gasteiger charge is 2.46. The van der Waals surface area contributed by atoms with Crippen LogP contribution in [0.15, 0.2) is 40.8 Å². The maximum atomic E-state index is 13.7. The number of piperazine rings is 1. The molecule has 0 saturated carbocycles. The van der Waals surface area contributed by atoms with E-state index < -0.39 is 5.54 Å². The van der Waals surface area contributed by atoms with Crippen molar-refractivity contribution < 1.29 is 9.21 Å². The zero-order chi connectivity index (χ0) is 23.0. The minimum Gasteiger partial charge on any atom is -0.441 e. The van der Waals surface area contributed by atoms with E-state index in [-0.39, 0.29) is 5.91 Å². The van der Waals surface area contributed by atoms with E-state index in [2.05, 4.69) is 25.2 Å². The number of aryl methyl sites for hydroxylation is 3. The van der Waals surface area contributed by atoms with E-state index in [4.69, 9.17) is 4.42 Å². The lowest BCUT2D eigenvalue weighted by Gasteiger charge is -2.46. The van der Waals surface area contributed by atoms with Gasteiger partial charge in [-0.25, -0.2) is 15.0 Å². The summed E-state index contributed by atoms with van der Waals surface area (Å²) >= 11 is 0. The largest absolute Gasteiger partial charge is 0.441 e. The molecule has 2 aliphatic rings. The Hall–Kier alpha value is -3.26. The Bertz CT molecular complexity index is 1130. The molecule has 1 amide bonds. The van der Waals surface area contributed by atoms with Crippen molar-refractivity contribution in [1.29, 1.82) is 0 Å². The van der Waals surface area contributed by atoms with E-state index in [0.29, 0.717) is 19.0 Å². The number of aromatic nitrogens is 3. The number of nitrogens with zero attached hydrogens (tertiary/aromatic N) is 5. The molecule has 2 aromatic heterocycles. The Balaban J connectivity index is 1.32. The zero-order valence-electron chi connectivity index (χ0n) is 19.5. The molecule has 0 unspecified atom stereocenters. The maximum absolute atomic E-state index is 13.7. The quantitative estimate of drug-likeness (QED) is 0.659. The summed E-state index contributed by atoms with van der Waals surface area (Å²) in [6.45, 7) is 9.19. The van der Waals surface area contributed by atoms with Gasteiger partial charge in [0.1, 0.15) is 11.2 Å². The fourth-order valence-electron chi connectivity index (χ4n) is 4.96. The highest BCUT2D eigenvalue weighted by molar-refractivity contribution is 5.87. The normalized spacial score (nSPS) is 18.2. The third-order valence-corrected chi connectivity index (χ3v) is 6.59. The van der Waals surface area contributed by atoms with Gasteiger partial charge in [-0.2, -0.15) is 0 Å². The molecule has 4 heterocycles. The average molecular weight is 447 g/mol. The molecule has 1 aromatic carbocycles. The summed E-state index contributed by atoms with van der Waals surface area (Å²) in [6, 6.07) is 11.9. The van der Waals surface area contributed by atoms with E-state index in [1.165, 1.54) is 0 Å². The lowest BCUT2D eigenvalue weighted by atomic mass is 9.84. The number of anilines is 1. The van der Waals surface area contributed by atoms with Crippen LogP contribution in [0.25, 0.3) is 11.3 Å². The van der Waals surface area contributed by atoms with Crippen molar-refractivity contribution in [2.24, 2.45) is 0 Å². The topological polar surface area (TPSA) is 87.4 Å². The summed E-state index contributed by atoms with van der Waals surface area (Å²) in [6.07, 6.45) is 1.45. The van der Waals surface area contributed by atoms with Gasteiger partial charge in [0.05, 0.1) is 6.54 Å². The van der Waals surface area contributed by atoms with Gasteiger partial charge in [-0.05, 0) is 32.8 Å². The molecule has 1 N–H and O–H groups in total. The summed E-state index contributed by atoms with van der Waals surface area (Å²) in [7, 11) is 0. The van der Waals surface area contributed by atoms with Gasteiger partial charge in [-0.1, -0.05) is 30.3 Å². The number of piperidine rings is 1. The van der Waals surface area contributed by atoms with Crippen LogP contribution in [0.5, 0.6) is 0 Å². The zero-order valence-corrected chi connectivity index (χ0v) is 19.5. The first kappa shape index (κ1) is 21.6. The van der Waals surface area contributed by atoms with Crippen LogP contribution in [0.4, 0.5) is 5.95 Å². The third-order valence-electron chi connectivity index (χ3n) is 6.59. The van der Waals surface area contributed by atoms with Crippen molar-refractivity contribution in [3.63, 3.8) is 0 Å². The Morgan fingerprint density at radius 2 is 1.70 bits per heavy atom. The highest BCUT2D eigenvalue weighted by Crippen LogP contribution is 2.31. The molecule has 0 radical (unpaired) electrons. The summed E-state index contributed by atoms with van der Waals surface area (Å²) in [4.78, 5) is 31.6. The lowest BCUT2D eigenvalue weighted by Crippen LogP contribution is -2.67. The van der Waals surface area contributed by atoms with Crippen LogP contribution in [-0.2, 0) is 11.3 Å². The fourth-order valence-corrected chi connectivity index (χ4v) is 4.96. The number of hydrogen-bond donors (Lipinski definition) is 1. The number of hydrogen-bond acceptors (Lipinski definition) is 7. The van der Waals surface area contributed by atoms with Crippen LogP contribution in [0.1, 0.15) is 35.8 Å². The number of nitrogens with one attached hydrogen (secondary N) is 1. The molecule has 3 aromatic rings. The highest BCUT2D eigenvalue weighted by atomic mass is 16.4. The van der Waals surface area contributed by atoms with Crippen LogP contribution < -0.4 is 10.2 Å². The molecule has 2 fully saturated rings. The van der Waals surface area contributed by atoms with E-state index in [9.17, 15) is 4.79 Å².